The summed E-state index contributed by atoms with van der Waals surface area (Å²) in [5.41, 5.74) is 2.20. The largest absolute Gasteiger partial charge is 0.351 e. The fourth-order valence-corrected chi connectivity index (χ4v) is 3.09. The number of carbonyl (C=O) groups excluding carboxylic acids is 1. The molecule has 0 aliphatic heterocycles. The lowest BCUT2D eigenvalue weighted by atomic mass is 10.3. The monoisotopic (exact) mass is 333 g/mol. The number of nitrogens with zero attached hydrogens (tertiary/aromatic N) is 4. The molecular weight excluding hydrogens is 317 g/mol. The van der Waals surface area contributed by atoms with Gasteiger partial charge in [0.25, 0.3) is 5.91 Å². The maximum absolute atomic E-state index is 13.2. The van der Waals surface area contributed by atoms with Gasteiger partial charge in [0.05, 0.1) is 16.7 Å². The van der Waals surface area contributed by atoms with Gasteiger partial charge in [-0.25, -0.2) is 9.37 Å². The second kappa shape index (κ2) is 6.41. The highest BCUT2D eigenvalue weighted by Crippen LogP contribution is 2.16. The number of nitrogens with one attached hydrogen (secondary N) is 1. The summed E-state index contributed by atoms with van der Waals surface area (Å²) in [6.07, 6.45) is 1.24. The van der Waals surface area contributed by atoms with Gasteiger partial charge in [0.15, 0.2) is 0 Å². The number of hydrogen-bond acceptors (Lipinski definition) is 5. The molecule has 120 valence electrons. The van der Waals surface area contributed by atoms with Crippen molar-refractivity contribution in [3.8, 4) is 0 Å². The molecule has 0 fully saturated rings. The smallest absolute Gasteiger partial charge is 0.264 e. The molecule has 0 spiro atoms. The zero-order chi connectivity index (χ0) is 16.4. The third-order valence-corrected chi connectivity index (χ3v) is 4.43. The van der Waals surface area contributed by atoms with E-state index in [1.807, 2.05) is 18.5 Å². The first-order valence-corrected chi connectivity index (χ1v) is 8.07. The summed E-state index contributed by atoms with van der Waals surface area (Å²) in [6, 6.07) is 4.53. The Bertz CT molecular complexity index is 857. The predicted octanol–water partition coefficient (Wildman–Crippen LogP) is 2.10. The van der Waals surface area contributed by atoms with Gasteiger partial charge in [0, 0.05) is 26.1 Å². The number of aromatic nitrogens is 4. The Balaban J connectivity index is 1.67. The Morgan fingerprint density at radius 3 is 3.04 bits per heavy atom. The second-order valence-electron chi connectivity index (χ2n) is 5.13. The lowest BCUT2D eigenvalue weighted by Gasteiger charge is -2.05. The molecule has 0 radical (unpaired) electrons. The van der Waals surface area contributed by atoms with Crippen LogP contribution < -0.4 is 5.32 Å². The van der Waals surface area contributed by atoms with Gasteiger partial charge in [-0.1, -0.05) is 11.4 Å². The molecule has 8 heteroatoms. The van der Waals surface area contributed by atoms with Crippen molar-refractivity contribution in [3.63, 3.8) is 0 Å². The molecule has 3 rings (SSSR count). The molecule has 0 bridgehead atoms. The lowest BCUT2D eigenvalue weighted by molar-refractivity contribution is 0.0957. The van der Waals surface area contributed by atoms with Crippen LogP contribution in [-0.4, -0.2) is 31.6 Å². The van der Waals surface area contributed by atoms with Gasteiger partial charge >= 0.3 is 0 Å². The van der Waals surface area contributed by atoms with Gasteiger partial charge in [-0.2, -0.15) is 0 Å². The van der Waals surface area contributed by atoms with Gasteiger partial charge in [0.2, 0.25) is 0 Å². The van der Waals surface area contributed by atoms with Crippen LogP contribution in [0, 0.1) is 5.82 Å². The molecule has 3 aromatic rings. The molecule has 1 N–H and O–H groups in total. The summed E-state index contributed by atoms with van der Waals surface area (Å²) >= 11 is 1.10. The van der Waals surface area contributed by atoms with Crippen molar-refractivity contribution in [1.82, 2.24) is 24.5 Å². The first-order chi connectivity index (χ1) is 11.1. The van der Waals surface area contributed by atoms with E-state index in [0.717, 1.165) is 22.9 Å². The molecule has 2 heterocycles. The summed E-state index contributed by atoms with van der Waals surface area (Å²) < 4.78 is 19.0. The van der Waals surface area contributed by atoms with E-state index in [-0.39, 0.29) is 11.7 Å². The lowest BCUT2D eigenvalue weighted by Crippen LogP contribution is -2.26. The number of aryl methyl sites for hydroxylation is 2. The molecule has 1 aromatic carbocycles. The fraction of sp³-hybridized carbons (Fsp3) is 0.333. The number of amides is 1. The highest BCUT2D eigenvalue weighted by molar-refractivity contribution is 7.08. The van der Waals surface area contributed by atoms with Crippen molar-refractivity contribution in [2.45, 2.75) is 19.8 Å². The predicted molar refractivity (Wildman–Crippen MR) is 86.0 cm³/mol. The Morgan fingerprint density at radius 2 is 2.26 bits per heavy atom. The van der Waals surface area contributed by atoms with Gasteiger partial charge in [0.1, 0.15) is 16.5 Å². The first kappa shape index (κ1) is 15.5. The number of benzene rings is 1. The minimum absolute atomic E-state index is 0.165. The van der Waals surface area contributed by atoms with Crippen LogP contribution in [0.2, 0.25) is 0 Å². The van der Waals surface area contributed by atoms with E-state index in [9.17, 15) is 9.18 Å². The summed E-state index contributed by atoms with van der Waals surface area (Å²) in [7, 11) is 1.88. The van der Waals surface area contributed by atoms with Crippen LogP contribution >= 0.6 is 11.5 Å². The van der Waals surface area contributed by atoms with Crippen molar-refractivity contribution in [2.24, 2.45) is 7.05 Å². The molecule has 0 saturated heterocycles. The van der Waals surface area contributed by atoms with E-state index >= 15 is 0 Å². The van der Waals surface area contributed by atoms with E-state index in [1.165, 1.54) is 12.1 Å². The molecule has 0 saturated carbocycles. The Hall–Kier alpha value is -2.35. The molecule has 0 aliphatic rings. The Morgan fingerprint density at radius 1 is 1.43 bits per heavy atom. The summed E-state index contributed by atoms with van der Waals surface area (Å²) in [5.74, 6) is 0.325. The highest BCUT2D eigenvalue weighted by Gasteiger charge is 2.15. The zero-order valence-electron chi connectivity index (χ0n) is 12.8. The van der Waals surface area contributed by atoms with Gasteiger partial charge in [-0.05, 0) is 30.1 Å². The van der Waals surface area contributed by atoms with Gasteiger partial charge < -0.3 is 9.88 Å². The van der Waals surface area contributed by atoms with Gasteiger partial charge in [-0.15, -0.1) is 5.10 Å². The topological polar surface area (TPSA) is 72.7 Å². The van der Waals surface area contributed by atoms with Crippen LogP contribution in [-0.2, 0) is 19.9 Å². The van der Waals surface area contributed by atoms with E-state index in [4.69, 9.17) is 0 Å². The molecule has 1 amide bonds. The van der Waals surface area contributed by atoms with Crippen LogP contribution in [0.1, 0.15) is 28.1 Å². The minimum Gasteiger partial charge on any atom is -0.351 e. The molecule has 23 heavy (non-hydrogen) atoms. The van der Waals surface area contributed by atoms with Crippen LogP contribution in [0.4, 0.5) is 4.39 Å². The average Bonchev–Trinajstić information content (AvgIpc) is 3.12. The fourth-order valence-electron chi connectivity index (χ4n) is 2.43. The third-order valence-electron chi connectivity index (χ3n) is 3.67. The molecular formula is C15H16FN5OS. The van der Waals surface area contributed by atoms with Crippen molar-refractivity contribution < 1.29 is 9.18 Å². The number of halogens is 1. The zero-order valence-corrected chi connectivity index (χ0v) is 13.7. The summed E-state index contributed by atoms with van der Waals surface area (Å²) in [5, 5.41) is 6.78. The van der Waals surface area contributed by atoms with Crippen molar-refractivity contribution in [1.29, 1.82) is 0 Å². The summed E-state index contributed by atoms with van der Waals surface area (Å²) in [6.45, 7) is 2.38. The number of carbonyl (C=O) groups is 1. The molecule has 0 aliphatic carbocycles. The van der Waals surface area contributed by atoms with E-state index in [1.54, 1.807) is 6.07 Å². The minimum atomic E-state index is -0.305. The second-order valence-corrected chi connectivity index (χ2v) is 5.88. The Kier molecular flexibility index (Phi) is 4.33. The number of rotatable bonds is 5. The number of fused-ring (bicyclic) bond motifs is 1. The first-order valence-electron chi connectivity index (χ1n) is 7.30. The molecule has 0 unspecified atom stereocenters. The third kappa shape index (κ3) is 3.07. The van der Waals surface area contributed by atoms with E-state index < -0.39 is 0 Å². The van der Waals surface area contributed by atoms with Crippen LogP contribution in [0.5, 0.6) is 0 Å². The van der Waals surface area contributed by atoms with Crippen LogP contribution in [0.25, 0.3) is 11.0 Å². The Labute approximate surface area is 136 Å². The number of hydrogen-bond donors (Lipinski definition) is 1. The quantitative estimate of drug-likeness (QED) is 0.776. The van der Waals surface area contributed by atoms with Crippen LogP contribution in [0.3, 0.4) is 0 Å². The molecule has 6 nitrogen and oxygen atoms in total. The van der Waals surface area contributed by atoms with Crippen molar-refractivity contribution in [3.05, 3.63) is 40.4 Å². The normalized spacial score (nSPS) is 11.1. The SMILES string of the molecule is CCc1nnsc1C(=O)NCCc1nc2cc(F)ccc2n1C. The summed E-state index contributed by atoms with van der Waals surface area (Å²) in [4.78, 5) is 17.1. The van der Waals surface area contributed by atoms with E-state index in [0.29, 0.717) is 35.5 Å². The number of imidazole rings is 1. The maximum Gasteiger partial charge on any atom is 0.264 e. The maximum atomic E-state index is 13.2. The van der Waals surface area contributed by atoms with Crippen molar-refractivity contribution >= 4 is 28.5 Å². The highest BCUT2D eigenvalue weighted by atomic mass is 32.1. The molecule has 0 atom stereocenters. The molecule has 2 aromatic heterocycles. The average molecular weight is 333 g/mol. The van der Waals surface area contributed by atoms with E-state index in [2.05, 4.69) is 19.9 Å². The standard InChI is InChI=1S/C15H16FN5OS/c1-3-10-14(23-20-19-10)15(22)17-7-6-13-18-11-8-9(16)4-5-12(11)21(13)2/h4-5,8H,3,6-7H2,1-2H3,(H,17,22). The van der Waals surface area contributed by atoms with Crippen LogP contribution in [0.15, 0.2) is 18.2 Å². The van der Waals surface area contributed by atoms with Crippen molar-refractivity contribution in [2.75, 3.05) is 6.54 Å². The van der Waals surface area contributed by atoms with Gasteiger partial charge in [-0.3, -0.25) is 4.79 Å².